The summed E-state index contributed by atoms with van der Waals surface area (Å²) in [5.74, 6) is 0.133. The van der Waals surface area contributed by atoms with Crippen molar-refractivity contribution in [2.24, 2.45) is 0 Å². The van der Waals surface area contributed by atoms with Crippen molar-refractivity contribution in [1.29, 1.82) is 0 Å². The van der Waals surface area contributed by atoms with Crippen molar-refractivity contribution in [1.82, 2.24) is 10.2 Å². The lowest BCUT2D eigenvalue weighted by molar-refractivity contribution is 0.0479. The largest absolute Gasteiger partial charge is 0.331 e. The standard InChI is InChI=1S/C17H20N2O/c1-17(2)12-18-10-11-19(17)16(20)15-9-5-7-13-6-3-4-8-14(13)15/h3-9,18H,10-12H2,1-2H3. The zero-order valence-electron chi connectivity index (χ0n) is 12.0. The molecule has 0 bridgehead atoms. The minimum atomic E-state index is -0.147. The molecule has 3 nitrogen and oxygen atoms in total. The number of hydrogen-bond acceptors (Lipinski definition) is 2. The molecule has 1 aliphatic heterocycles. The van der Waals surface area contributed by atoms with Crippen molar-refractivity contribution in [2.45, 2.75) is 19.4 Å². The molecule has 104 valence electrons. The molecule has 20 heavy (non-hydrogen) atoms. The third kappa shape index (κ3) is 2.18. The van der Waals surface area contributed by atoms with Crippen LogP contribution in [0.5, 0.6) is 0 Å². The third-order valence-electron chi connectivity index (χ3n) is 4.07. The third-order valence-corrected chi connectivity index (χ3v) is 4.07. The molecule has 0 radical (unpaired) electrons. The van der Waals surface area contributed by atoms with Gasteiger partial charge >= 0.3 is 0 Å². The van der Waals surface area contributed by atoms with Crippen LogP contribution in [-0.2, 0) is 0 Å². The molecule has 0 saturated carbocycles. The number of carbonyl (C=O) groups excluding carboxylic acids is 1. The summed E-state index contributed by atoms with van der Waals surface area (Å²) < 4.78 is 0. The van der Waals surface area contributed by atoms with Crippen LogP contribution in [0.3, 0.4) is 0 Å². The first-order valence-corrected chi connectivity index (χ1v) is 7.10. The van der Waals surface area contributed by atoms with Gasteiger partial charge in [0.05, 0.1) is 5.54 Å². The highest BCUT2D eigenvalue weighted by Gasteiger charge is 2.34. The normalized spacial score (nSPS) is 18.2. The van der Waals surface area contributed by atoms with Gasteiger partial charge in [-0.15, -0.1) is 0 Å². The zero-order chi connectivity index (χ0) is 14.2. The Morgan fingerprint density at radius 3 is 2.70 bits per heavy atom. The second-order valence-electron chi connectivity index (χ2n) is 5.97. The predicted octanol–water partition coefficient (Wildman–Crippen LogP) is 2.66. The van der Waals surface area contributed by atoms with E-state index in [1.807, 2.05) is 35.2 Å². The molecule has 0 aliphatic carbocycles. The molecule has 1 fully saturated rings. The van der Waals surface area contributed by atoms with Crippen LogP contribution in [-0.4, -0.2) is 36.0 Å². The van der Waals surface area contributed by atoms with E-state index >= 15 is 0 Å². The molecule has 1 heterocycles. The lowest BCUT2D eigenvalue weighted by atomic mass is 9.97. The second kappa shape index (κ2) is 4.91. The fourth-order valence-electron chi connectivity index (χ4n) is 2.92. The van der Waals surface area contributed by atoms with E-state index in [2.05, 4.69) is 31.3 Å². The number of carbonyl (C=O) groups is 1. The lowest BCUT2D eigenvalue weighted by Crippen LogP contribution is -2.59. The van der Waals surface area contributed by atoms with E-state index in [9.17, 15) is 4.79 Å². The summed E-state index contributed by atoms with van der Waals surface area (Å²) in [7, 11) is 0. The number of piperazine rings is 1. The van der Waals surface area contributed by atoms with Crippen molar-refractivity contribution < 1.29 is 4.79 Å². The Bertz CT molecular complexity index is 643. The van der Waals surface area contributed by atoms with Crippen molar-refractivity contribution in [3.63, 3.8) is 0 Å². The molecule has 1 saturated heterocycles. The first-order valence-electron chi connectivity index (χ1n) is 7.10. The van der Waals surface area contributed by atoms with E-state index in [0.717, 1.165) is 36.0 Å². The monoisotopic (exact) mass is 268 g/mol. The number of rotatable bonds is 1. The van der Waals surface area contributed by atoms with Gasteiger partial charge in [0.15, 0.2) is 0 Å². The summed E-state index contributed by atoms with van der Waals surface area (Å²) >= 11 is 0. The van der Waals surface area contributed by atoms with Gasteiger partial charge in [-0.25, -0.2) is 0 Å². The highest BCUT2D eigenvalue weighted by atomic mass is 16.2. The molecule has 2 aromatic rings. The molecule has 0 spiro atoms. The van der Waals surface area contributed by atoms with Crippen LogP contribution in [0.1, 0.15) is 24.2 Å². The Morgan fingerprint density at radius 2 is 1.90 bits per heavy atom. The Hall–Kier alpha value is -1.87. The van der Waals surface area contributed by atoms with Crippen LogP contribution >= 0.6 is 0 Å². The quantitative estimate of drug-likeness (QED) is 0.862. The number of fused-ring (bicyclic) bond motifs is 1. The fraction of sp³-hybridized carbons (Fsp3) is 0.353. The maximum absolute atomic E-state index is 12.9. The Balaban J connectivity index is 2.04. The van der Waals surface area contributed by atoms with Crippen molar-refractivity contribution in [2.75, 3.05) is 19.6 Å². The molecule has 1 amide bonds. The van der Waals surface area contributed by atoms with Crippen LogP contribution in [0.2, 0.25) is 0 Å². The summed E-state index contributed by atoms with van der Waals surface area (Å²) in [6, 6.07) is 14.0. The number of benzene rings is 2. The SMILES string of the molecule is CC1(C)CNCCN1C(=O)c1cccc2ccccc12. The summed E-state index contributed by atoms with van der Waals surface area (Å²) in [6.45, 7) is 6.68. The first kappa shape index (κ1) is 13.1. The van der Waals surface area contributed by atoms with E-state index in [1.54, 1.807) is 0 Å². The van der Waals surface area contributed by atoms with Gasteiger partial charge in [-0.3, -0.25) is 4.79 Å². The molecule has 0 unspecified atom stereocenters. The maximum atomic E-state index is 12.9. The summed E-state index contributed by atoms with van der Waals surface area (Å²) in [6.07, 6.45) is 0. The minimum absolute atomic E-state index is 0.133. The summed E-state index contributed by atoms with van der Waals surface area (Å²) in [5, 5.41) is 5.51. The Kier molecular flexibility index (Phi) is 3.22. The highest BCUT2D eigenvalue weighted by Crippen LogP contribution is 2.24. The van der Waals surface area contributed by atoms with E-state index in [1.165, 1.54) is 0 Å². The van der Waals surface area contributed by atoms with Crippen LogP contribution in [0.15, 0.2) is 42.5 Å². The molecule has 0 aromatic heterocycles. The Morgan fingerprint density at radius 1 is 1.15 bits per heavy atom. The molecular formula is C17H20N2O. The van der Waals surface area contributed by atoms with Crippen LogP contribution in [0, 0.1) is 0 Å². The number of nitrogens with zero attached hydrogens (tertiary/aromatic N) is 1. The van der Waals surface area contributed by atoms with Gasteiger partial charge in [0.2, 0.25) is 0 Å². The average Bonchev–Trinajstić information content (AvgIpc) is 2.45. The van der Waals surface area contributed by atoms with E-state index in [0.29, 0.717) is 0 Å². The number of hydrogen-bond donors (Lipinski definition) is 1. The molecule has 3 heteroatoms. The highest BCUT2D eigenvalue weighted by molar-refractivity contribution is 6.07. The summed E-state index contributed by atoms with van der Waals surface area (Å²) in [5.41, 5.74) is 0.657. The Labute approximate surface area is 119 Å². The van der Waals surface area contributed by atoms with Gasteiger partial charge in [0.25, 0.3) is 5.91 Å². The smallest absolute Gasteiger partial charge is 0.255 e. The van der Waals surface area contributed by atoms with Gasteiger partial charge in [-0.2, -0.15) is 0 Å². The topological polar surface area (TPSA) is 32.3 Å². The average molecular weight is 268 g/mol. The summed E-state index contributed by atoms with van der Waals surface area (Å²) in [4.78, 5) is 14.9. The van der Waals surface area contributed by atoms with Gasteiger partial charge in [-0.1, -0.05) is 36.4 Å². The zero-order valence-corrected chi connectivity index (χ0v) is 12.0. The van der Waals surface area contributed by atoms with E-state index in [-0.39, 0.29) is 11.4 Å². The van der Waals surface area contributed by atoms with Crippen molar-refractivity contribution in [3.8, 4) is 0 Å². The van der Waals surface area contributed by atoms with Crippen molar-refractivity contribution >= 4 is 16.7 Å². The van der Waals surface area contributed by atoms with Crippen LogP contribution in [0.4, 0.5) is 0 Å². The molecule has 3 rings (SSSR count). The number of nitrogens with one attached hydrogen (secondary N) is 1. The van der Waals surface area contributed by atoms with Crippen LogP contribution < -0.4 is 5.32 Å². The number of amides is 1. The van der Waals surface area contributed by atoms with Gasteiger partial charge in [0.1, 0.15) is 0 Å². The van der Waals surface area contributed by atoms with E-state index in [4.69, 9.17) is 0 Å². The lowest BCUT2D eigenvalue weighted by Gasteiger charge is -2.43. The molecule has 0 atom stereocenters. The molecule has 1 N–H and O–H groups in total. The maximum Gasteiger partial charge on any atom is 0.255 e. The van der Waals surface area contributed by atoms with Crippen LogP contribution in [0.25, 0.3) is 10.8 Å². The molecular weight excluding hydrogens is 248 g/mol. The minimum Gasteiger partial charge on any atom is -0.331 e. The first-order chi connectivity index (χ1) is 9.59. The molecule has 2 aromatic carbocycles. The molecule has 1 aliphatic rings. The van der Waals surface area contributed by atoms with E-state index < -0.39 is 0 Å². The van der Waals surface area contributed by atoms with Gasteiger partial charge in [-0.05, 0) is 30.7 Å². The van der Waals surface area contributed by atoms with Gasteiger partial charge in [0, 0.05) is 25.2 Å². The van der Waals surface area contributed by atoms with Crippen molar-refractivity contribution in [3.05, 3.63) is 48.0 Å². The fourth-order valence-corrected chi connectivity index (χ4v) is 2.92. The second-order valence-corrected chi connectivity index (χ2v) is 5.97. The predicted molar refractivity (Wildman–Crippen MR) is 81.9 cm³/mol. The van der Waals surface area contributed by atoms with Gasteiger partial charge < -0.3 is 10.2 Å².